The van der Waals surface area contributed by atoms with Crippen molar-refractivity contribution in [1.82, 2.24) is 9.78 Å². The molecule has 20 heavy (non-hydrogen) atoms. The normalized spacial score (nSPS) is 16.8. The van der Waals surface area contributed by atoms with Crippen LogP contribution < -0.4 is 10.9 Å². The van der Waals surface area contributed by atoms with Gasteiger partial charge in [0.2, 0.25) is 0 Å². The standard InChI is InChI=1S/C14H22ClN3O2/c1-10(4-3-7-19)17-13-12(15)8-16-18(14(13)20)9-11-5-2-6-11/h8,10-11,17,19H,2-7,9H2,1H3. The van der Waals surface area contributed by atoms with Crippen LogP contribution in [0.5, 0.6) is 0 Å². The molecule has 0 aromatic carbocycles. The summed E-state index contributed by atoms with van der Waals surface area (Å²) < 4.78 is 1.51. The van der Waals surface area contributed by atoms with Crippen molar-refractivity contribution in [3.63, 3.8) is 0 Å². The van der Waals surface area contributed by atoms with Gasteiger partial charge in [-0.25, -0.2) is 4.68 Å². The van der Waals surface area contributed by atoms with Crippen LogP contribution in [0.2, 0.25) is 5.02 Å². The van der Waals surface area contributed by atoms with E-state index in [0.29, 0.717) is 29.6 Å². The molecule has 1 aromatic heterocycles. The van der Waals surface area contributed by atoms with Gasteiger partial charge in [0.05, 0.1) is 11.2 Å². The number of anilines is 1. The molecule has 6 heteroatoms. The molecule has 0 amide bonds. The fraction of sp³-hybridized carbons (Fsp3) is 0.714. The Hall–Kier alpha value is -1.07. The summed E-state index contributed by atoms with van der Waals surface area (Å²) in [6.07, 6.45) is 6.61. The van der Waals surface area contributed by atoms with Crippen LogP contribution in [0.4, 0.5) is 5.69 Å². The second-order valence-electron chi connectivity index (χ2n) is 5.56. The van der Waals surface area contributed by atoms with Gasteiger partial charge in [-0.1, -0.05) is 18.0 Å². The molecule has 1 aliphatic carbocycles. The van der Waals surface area contributed by atoms with E-state index in [2.05, 4.69) is 10.4 Å². The van der Waals surface area contributed by atoms with Gasteiger partial charge < -0.3 is 10.4 Å². The third kappa shape index (κ3) is 3.73. The van der Waals surface area contributed by atoms with Gasteiger partial charge in [0.25, 0.3) is 5.56 Å². The highest BCUT2D eigenvalue weighted by Crippen LogP contribution is 2.27. The minimum Gasteiger partial charge on any atom is -0.396 e. The fourth-order valence-electron chi connectivity index (χ4n) is 2.37. The van der Waals surface area contributed by atoms with Crippen molar-refractivity contribution in [2.45, 2.75) is 51.6 Å². The monoisotopic (exact) mass is 299 g/mol. The molecule has 0 bridgehead atoms. The summed E-state index contributed by atoms with van der Waals surface area (Å²) in [7, 11) is 0. The van der Waals surface area contributed by atoms with E-state index in [-0.39, 0.29) is 18.2 Å². The van der Waals surface area contributed by atoms with Crippen molar-refractivity contribution >= 4 is 17.3 Å². The molecule has 1 aliphatic rings. The zero-order chi connectivity index (χ0) is 14.5. The zero-order valence-corrected chi connectivity index (χ0v) is 12.6. The molecule has 0 spiro atoms. The van der Waals surface area contributed by atoms with Gasteiger partial charge in [-0.3, -0.25) is 4.79 Å². The molecule has 1 saturated carbocycles. The number of nitrogens with one attached hydrogen (secondary N) is 1. The second-order valence-corrected chi connectivity index (χ2v) is 5.97. The van der Waals surface area contributed by atoms with Crippen molar-refractivity contribution in [1.29, 1.82) is 0 Å². The van der Waals surface area contributed by atoms with Gasteiger partial charge in [0.1, 0.15) is 5.69 Å². The lowest BCUT2D eigenvalue weighted by Gasteiger charge is -2.25. The molecule has 0 saturated heterocycles. The number of halogens is 1. The van der Waals surface area contributed by atoms with E-state index >= 15 is 0 Å². The molecule has 2 rings (SSSR count). The molecule has 1 heterocycles. The predicted molar refractivity (Wildman–Crippen MR) is 80.3 cm³/mol. The highest BCUT2D eigenvalue weighted by molar-refractivity contribution is 6.33. The van der Waals surface area contributed by atoms with E-state index < -0.39 is 0 Å². The summed E-state index contributed by atoms with van der Waals surface area (Å²) in [5.41, 5.74) is 0.270. The van der Waals surface area contributed by atoms with Crippen LogP contribution in [-0.4, -0.2) is 27.5 Å². The van der Waals surface area contributed by atoms with Gasteiger partial charge in [-0.15, -0.1) is 0 Å². The zero-order valence-electron chi connectivity index (χ0n) is 11.8. The maximum absolute atomic E-state index is 12.4. The molecule has 5 nitrogen and oxygen atoms in total. The molecular weight excluding hydrogens is 278 g/mol. The number of aliphatic hydroxyl groups excluding tert-OH is 1. The molecule has 2 N–H and O–H groups in total. The van der Waals surface area contributed by atoms with Gasteiger partial charge in [-0.2, -0.15) is 5.10 Å². The quantitative estimate of drug-likeness (QED) is 0.810. The van der Waals surface area contributed by atoms with Crippen molar-refractivity contribution in [2.75, 3.05) is 11.9 Å². The van der Waals surface area contributed by atoms with Crippen LogP contribution >= 0.6 is 11.6 Å². The Morgan fingerprint density at radius 2 is 2.35 bits per heavy atom. The first-order valence-corrected chi connectivity index (χ1v) is 7.62. The summed E-state index contributed by atoms with van der Waals surface area (Å²) in [4.78, 5) is 12.4. The molecular formula is C14H22ClN3O2. The predicted octanol–water partition coefficient (Wildman–Crippen LogP) is 2.27. The van der Waals surface area contributed by atoms with E-state index in [9.17, 15) is 4.79 Å². The number of rotatable bonds is 7. The van der Waals surface area contributed by atoms with Gasteiger partial charge in [0.15, 0.2) is 0 Å². The Labute approximate surface area is 124 Å². The molecule has 0 radical (unpaired) electrons. The average molecular weight is 300 g/mol. The van der Waals surface area contributed by atoms with E-state index in [1.54, 1.807) is 0 Å². The Kier molecular flexibility index (Phi) is 5.43. The highest BCUT2D eigenvalue weighted by Gasteiger charge is 2.20. The van der Waals surface area contributed by atoms with E-state index in [4.69, 9.17) is 16.7 Å². The number of aliphatic hydroxyl groups is 1. The number of aromatic nitrogens is 2. The topological polar surface area (TPSA) is 67.2 Å². The van der Waals surface area contributed by atoms with Crippen LogP contribution in [0.15, 0.2) is 11.0 Å². The maximum atomic E-state index is 12.4. The minimum absolute atomic E-state index is 0.0897. The third-order valence-electron chi connectivity index (χ3n) is 3.84. The van der Waals surface area contributed by atoms with Crippen LogP contribution in [0.1, 0.15) is 39.0 Å². The first kappa shape index (κ1) is 15.3. The smallest absolute Gasteiger partial charge is 0.291 e. The van der Waals surface area contributed by atoms with Gasteiger partial charge in [-0.05, 0) is 38.5 Å². The second kappa shape index (κ2) is 7.09. The summed E-state index contributed by atoms with van der Waals surface area (Å²) in [6, 6.07) is 0.0897. The number of hydrogen-bond acceptors (Lipinski definition) is 4. The van der Waals surface area contributed by atoms with Crippen molar-refractivity contribution in [3.8, 4) is 0 Å². The molecule has 1 atom stereocenters. The van der Waals surface area contributed by atoms with E-state index in [0.717, 1.165) is 6.42 Å². The Morgan fingerprint density at radius 1 is 1.60 bits per heavy atom. The first-order chi connectivity index (χ1) is 9.61. The van der Waals surface area contributed by atoms with Crippen LogP contribution in [0, 0.1) is 5.92 Å². The van der Waals surface area contributed by atoms with Crippen molar-refractivity contribution in [3.05, 3.63) is 21.6 Å². The number of nitrogens with zero attached hydrogens (tertiary/aromatic N) is 2. The molecule has 1 fully saturated rings. The third-order valence-corrected chi connectivity index (χ3v) is 4.13. The van der Waals surface area contributed by atoms with Gasteiger partial charge >= 0.3 is 0 Å². The van der Waals surface area contributed by atoms with E-state index in [1.165, 1.54) is 30.1 Å². The highest BCUT2D eigenvalue weighted by atomic mass is 35.5. The Bertz CT molecular complexity index is 500. The SMILES string of the molecule is CC(CCCO)Nc1c(Cl)cnn(CC2CCC2)c1=O. The largest absolute Gasteiger partial charge is 0.396 e. The van der Waals surface area contributed by atoms with Crippen molar-refractivity contribution in [2.24, 2.45) is 5.92 Å². The van der Waals surface area contributed by atoms with Crippen molar-refractivity contribution < 1.29 is 5.11 Å². The van der Waals surface area contributed by atoms with E-state index in [1.807, 2.05) is 6.92 Å². The summed E-state index contributed by atoms with van der Waals surface area (Å²) in [5, 5.41) is 16.5. The lowest BCUT2D eigenvalue weighted by Crippen LogP contribution is -2.32. The molecule has 1 aromatic rings. The average Bonchev–Trinajstić information content (AvgIpc) is 2.38. The Morgan fingerprint density at radius 3 is 2.95 bits per heavy atom. The van der Waals surface area contributed by atoms with Crippen LogP contribution in [-0.2, 0) is 6.54 Å². The van der Waals surface area contributed by atoms with Crippen LogP contribution in [0.3, 0.4) is 0 Å². The first-order valence-electron chi connectivity index (χ1n) is 7.25. The molecule has 0 aliphatic heterocycles. The van der Waals surface area contributed by atoms with Crippen LogP contribution in [0.25, 0.3) is 0 Å². The lowest BCUT2D eigenvalue weighted by atomic mass is 9.85. The van der Waals surface area contributed by atoms with Gasteiger partial charge in [0, 0.05) is 19.2 Å². The number of hydrogen-bond donors (Lipinski definition) is 2. The summed E-state index contributed by atoms with van der Waals surface area (Å²) in [5.74, 6) is 0.570. The fourth-order valence-corrected chi connectivity index (χ4v) is 2.54. The summed E-state index contributed by atoms with van der Waals surface area (Å²) in [6.45, 7) is 2.81. The maximum Gasteiger partial charge on any atom is 0.291 e. The minimum atomic E-state index is -0.153. The summed E-state index contributed by atoms with van der Waals surface area (Å²) >= 11 is 6.08. The Balaban J connectivity index is 2.09. The molecule has 112 valence electrons. The molecule has 1 unspecified atom stereocenters. The lowest BCUT2D eigenvalue weighted by molar-refractivity contribution is 0.262.